The van der Waals surface area contributed by atoms with E-state index < -0.39 is 0 Å². The second-order valence-corrected chi connectivity index (χ2v) is 7.19. The lowest BCUT2D eigenvalue weighted by Crippen LogP contribution is -2.12. The SMILES string of the molecule is O=C(c1ccc2ncccc2c1)N1C2c3ccccc3-c3ccccc3C21. The number of benzene rings is 3. The van der Waals surface area contributed by atoms with Crippen molar-refractivity contribution < 1.29 is 4.79 Å². The van der Waals surface area contributed by atoms with Gasteiger partial charge in [-0.1, -0.05) is 54.6 Å². The number of fused-ring (bicyclic) bond motifs is 7. The molecule has 0 bridgehead atoms. The Labute approximate surface area is 156 Å². The minimum atomic E-state index is 0.0854. The fourth-order valence-electron chi connectivity index (χ4n) is 4.48. The van der Waals surface area contributed by atoms with E-state index in [2.05, 4.69) is 53.5 Å². The third kappa shape index (κ3) is 2.02. The minimum Gasteiger partial charge on any atom is -0.320 e. The fraction of sp³-hybridized carbons (Fsp3) is 0.0833. The van der Waals surface area contributed by atoms with Gasteiger partial charge < -0.3 is 4.90 Å². The van der Waals surface area contributed by atoms with Crippen LogP contribution in [0.5, 0.6) is 0 Å². The van der Waals surface area contributed by atoms with Gasteiger partial charge >= 0.3 is 0 Å². The maximum Gasteiger partial charge on any atom is 0.255 e. The Hall–Kier alpha value is -3.46. The highest BCUT2D eigenvalue weighted by atomic mass is 16.2. The van der Waals surface area contributed by atoms with Crippen molar-refractivity contribution in [1.82, 2.24) is 9.88 Å². The average molecular weight is 348 g/mol. The maximum atomic E-state index is 13.3. The zero-order valence-electron chi connectivity index (χ0n) is 14.5. The van der Waals surface area contributed by atoms with Crippen LogP contribution in [0.2, 0.25) is 0 Å². The summed E-state index contributed by atoms with van der Waals surface area (Å²) in [6.07, 6.45) is 1.77. The summed E-state index contributed by atoms with van der Waals surface area (Å²) in [4.78, 5) is 19.7. The molecule has 2 heterocycles. The number of hydrogen-bond donors (Lipinski definition) is 0. The van der Waals surface area contributed by atoms with Crippen molar-refractivity contribution in [2.24, 2.45) is 0 Å². The van der Waals surface area contributed by atoms with Crippen molar-refractivity contribution in [2.75, 3.05) is 0 Å². The molecule has 128 valence electrons. The topological polar surface area (TPSA) is 33.0 Å². The lowest BCUT2D eigenvalue weighted by atomic mass is 9.86. The van der Waals surface area contributed by atoms with E-state index in [-0.39, 0.29) is 18.0 Å². The number of rotatable bonds is 1. The first-order valence-corrected chi connectivity index (χ1v) is 9.18. The van der Waals surface area contributed by atoms with Gasteiger partial charge in [-0.3, -0.25) is 9.78 Å². The summed E-state index contributed by atoms with van der Waals surface area (Å²) >= 11 is 0. The number of nitrogens with zero attached hydrogens (tertiary/aromatic N) is 2. The number of carbonyl (C=O) groups is 1. The lowest BCUT2D eigenvalue weighted by Gasteiger charge is -2.16. The van der Waals surface area contributed by atoms with Crippen LogP contribution in [0.1, 0.15) is 33.6 Å². The van der Waals surface area contributed by atoms with Crippen LogP contribution in [-0.4, -0.2) is 15.8 Å². The predicted molar refractivity (Wildman–Crippen MR) is 105 cm³/mol. The first-order valence-electron chi connectivity index (χ1n) is 9.18. The number of hydrogen-bond acceptors (Lipinski definition) is 2. The molecule has 3 aromatic carbocycles. The molecule has 6 rings (SSSR count). The quantitative estimate of drug-likeness (QED) is 0.446. The highest BCUT2D eigenvalue weighted by Crippen LogP contribution is 2.62. The minimum absolute atomic E-state index is 0.0854. The van der Waals surface area contributed by atoms with Crippen LogP contribution in [0.3, 0.4) is 0 Å². The van der Waals surface area contributed by atoms with E-state index >= 15 is 0 Å². The van der Waals surface area contributed by atoms with Gasteiger partial charge in [-0.05, 0) is 46.5 Å². The third-order valence-electron chi connectivity index (χ3n) is 5.74. The molecule has 2 aliphatic rings. The number of aromatic nitrogens is 1. The van der Waals surface area contributed by atoms with Gasteiger partial charge in [0.15, 0.2) is 0 Å². The summed E-state index contributed by atoms with van der Waals surface area (Å²) in [6, 6.07) is 26.8. The van der Waals surface area contributed by atoms with Crippen molar-refractivity contribution in [3.05, 3.63) is 102 Å². The molecule has 3 heteroatoms. The molecular formula is C24H16N2O. The van der Waals surface area contributed by atoms with Crippen molar-refractivity contribution in [3.8, 4) is 11.1 Å². The molecule has 1 fully saturated rings. The van der Waals surface area contributed by atoms with Crippen LogP contribution in [0.15, 0.2) is 85.1 Å². The summed E-state index contributed by atoms with van der Waals surface area (Å²) in [6.45, 7) is 0. The van der Waals surface area contributed by atoms with E-state index in [4.69, 9.17) is 0 Å². The van der Waals surface area contributed by atoms with Gasteiger partial charge in [0.25, 0.3) is 5.91 Å². The molecule has 0 spiro atoms. The van der Waals surface area contributed by atoms with Crippen molar-refractivity contribution in [1.29, 1.82) is 0 Å². The zero-order valence-corrected chi connectivity index (χ0v) is 14.5. The number of pyridine rings is 1. The highest BCUT2D eigenvalue weighted by Gasteiger charge is 2.56. The Morgan fingerprint density at radius 2 is 1.44 bits per heavy atom. The van der Waals surface area contributed by atoms with E-state index in [1.165, 1.54) is 22.3 Å². The Kier molecular flexibility index (Phi) is 2.87. The molecule has 0 saturated carbocycles. The van der Waals surface area contributed by atoms with E-state index in [9.17, 15) is 4.79 Å². The first kappa shape index (κ1) is 14.7. The summed E-state index contributed by atoms with van der Waals surface area (Å²) in [5.74, 6) is 0.0854. The Morgan fingerprint density at radius 3 is 2.15 bits per heavy atom. The monoisotopic (exact) mass is 348 g/mol. The molecule has 1 amide bonds. The number of amides is 1. The fourth-order valence-corrected chi connectivity index (χ4v) is 4.48. The molecule has 27 heavy (non-hydrogen) atoms. The molecule has 0 radical (unpaired) electrons. The first-order chi connectivity index (χ1) is 13.3. The smallest absolute Gasteiger partial charge is 0.255 e. The molecule has 1 aromatic heterocycles. The molecule has 1 aliphatic heterocycles. The Bertz CT molecular complexity index is 1180. The molecule has 2 unspecified atom stereocenters. The van der Waals surface area contributed by atoms with Crippen LogP contribution in [0.4, 0.5) is 0 Å². The van der Waals surface area contributed by atoms with E-state index in [0.29, 0.717) is 0 Å². The molecular weight excluding hydrogens is 332 g/mol. The lowest BCUT2D eigenvalue weighted by molar-refractivity contribution is 0.0864. The molecule has 2 atom stereocenters. The second kappa shape index (κ2) is 5.27. The van der Waals surface area contributed by atoms with E-state index in [1.54, 1.807) is 6.20 Å². The highest BCUT2D eigenvalue weighted by molar-refractivity contribution is 6.00. The number of carbonyl (C=O) groups excluding carboxylic acids is 1. The second-order valence-electron chi connectivity index (χ2n) is 7.19. The van der Waals surface area contributed by atoms with E-state index in [0.717, 1.165) is 16.5 Å². The van der Waals surface area contributed by atoms with Gasteiger partial charge in [-0.25, -0.2) is 0 Å². The summed E-state index contributed by atoms with van der Waals surface area (Å²) in [5.41, 5.74) is 6.61. The molecule has 0 N–H and O–H groups in total. The van der Waals surface area contributed by atoms with Crippen molar-refractivity contribution in [3.63, 3.8) is 0 Å². The predicted octanol–water partition coefficient (Wildman–Crippen LogP) is 5.15. The Balaban J connectivity index is 1.46. The standard InChI is InChI=1S/C24H16N2O/c27-24(16-11-12-21-15(14-16)6-5-13-25-21)26-22-19-9-3-1-7-17(19)18-8-2-4-10-20(18)23(22)26/h1-14,22-23H. The molecule has 1 aliphatic carbocycles. The van der Waals surface area contributed by atoms with Gasteiger partial charge in [-0.15, -0.1) is 0 Å². The van der Waals surface area contributed by atoms with Crippen LogP contribution in [-0.2, 0) is 0 Å². The Morgan fingerprint density at radius 1 is 0.778 bits per heavy atom. The molecule has 1 saturated heterocycles. The van der Waals surface area contributed by atoms with Gasteiger partial charge in [0.05, 0.1) is 17.6 Å². The third-order valence-corrected chi connectivity index (χ3v) is 5.74. The van der Waals surface area contributed by atoms with E-state index in [1.807, 2.05) is 35.2 Å². The zero-order chi connectivity index (χ0) is 18.0. The normalized spacial score (nSPS) is 19.2. The van der Waals surface area contributed by atoms with Crippen LogP contribution < -0.4 is 0 Å². The van der Waals surface area contributed by atoms with Gasteiger partial charge in [0, 0.05) is 17.1 Å². The summed E-state index contributed by atoms with van der Waals surface area (Å²) in [5, 5.41) is 0.994. The average Bonchev–Trinajstić information content (AvgIpc) is 3.49. The van der Waals surface area contributed by atoms with Gasteiger partial charge in [-0.2, -0.15) is 0 Å². The van der Waals surface area contributed by atoms with Crippen LogP contribution in [0.25, 0.3) is 22.0 Å². The van der Waals surface area contributed by atoms with Gasteiger partial charge in [0.2, 0.25) is 0 Å². The van der Waals surface area contributed by atoms with Gasteiger partial charge in [0.1, 0.15) is 0 Å². The maximum absolute atomic E-state index is 13.3. The summed E-state index contributed by atoms with van der Waals surface area (Å²) in [7, 11) is 0. The van der Waals surface area contributed by atoms with Crippen LogP contribution >= 0.6 is 0 Å². The largest absolute Gasteiger partial charge is 0.320 e. The molecule has 3 nitrogen and oxygen atoms in total. The van der Waals surface area contributed by atoms with Crippen molar-refractivity contribution in [2.45, 2.75) is 12.1 Å². The van der Waals surface area contributed by atoms with Crippen LogP contribution in [0, 0.1) is 0 Å². The van der Waals surface area contributed by atoms with Crippen molar-refractivity contribution >= 4 is 16.8 Å². The molecule has 4 aromatic rings. The summed E-state index contributed by atoms with van der Waals surface area (Å²) < 4.78 is 0.